The number of aromatic nitrogens is 1. The van der Waals surface area contributed by atoms with Crippen LogP contribution in [0.5, 0.6) is 0 Å². The summed E-state index contributed by atoms with van der Waals surface area (Å²) in [4.78, 5) is 13.5. The van der Waals surface area contributed by atoms with E-state index in [0.29, 0.717) is 6.54 Å². The summed E-state index contributed by atoms with van der Waals surface area (Å²) in [5.74, 6) is -0.866. The predicted octanol–water partition coefficient (Wildman–Crippen LogP) is 4.13. The molecule has 3 rings (SSSR count). The SMILES string of the molecule is CCn1cccc1/C(=C/CCN1CCC[C@@H](C(=O)O)C1)c1ccccc1. The van der Waals surface area contributed by atoms with Crippen LogP contribution >= 0.6 is 0 Å². The Morgan fingerprint density at radius 2 is 2.04 bits per heavy atom. The first-order valence-corrected chi connectivity index (χ1v) is 9.55. The van der Waals surface area contributed by atoms with Gasteiger partial charge in [-0.15, -0.1) is 0 Å². The van der Waals surface area contributed by atoms with Crippen molar-refractivity contribution in [3.8, 4) is 0 Å². The Hall–Kier alpha value is -2.33. The minimum atomic E-state index is -0.656. The molecule has 1 aliphatic rings. The number of hydrogen-bond acceptors (Lipinski definition) is 2. The zero-order valence-corrected chi connectivity index (χ0v) is 15.5. The van der Waals surface area contributed by atoms with Crippen molar-refractivity contribution in [2.75, 3.05) is 19.6 Å². The molecule has 4 heteroatoms. The Kier molecular flexibility index (Phi) is 6.29. The summed E-state index contributed by atoms with van der Waals surface area (Å²) in [6.45, 7) is 5.69. The highest BCUT2D eigenvalue weighted by atomic mass is 16.4. The normalized spacial score (nSPS) is 18.8. The molecule has 0 radical (unpaired) electrons. The summed E-state index contributed by atoms with van der Waals surface area (Å²) < 4.78 is 2.26. The van der Waals surface area contributed by atoms with E-state index in [4.69, 9.17) is 0 Å². The molecule has 2 aromatic rings. The van der Waals surface area contributed by atoms with Gasteiger partial charge in [0.25, 0.3) is 0 Å². The Labute approximate surface area is 155 Å². The fourth-order valence-electron chi connectivity index (χ4n) is 3.77. The van der Waals surface area contributed by atoms with Crippen LogP contribution in [0.4, 0.5) is 0 Å². The first-order chi connectivity index (χ1) is 12.7. The van der Waals surface area contributed by atoms with Crippen molar-refractivity contribution in [3.05, 3.63) is 66.0 Å². The van der Waals surface area contributed by atoms with Crippen molar-refractivity contribution in [2.24, 2.45) is 5.92 Å². The van der Waals surface area contributed by atoms with Gasteiger partial charge < -0.3 is 14.6 Å². The van der Waals surface area contributed by atoms with E-state index in [-0.39, 0.29) is 5.92 Å². The third-order valence-electron chi connectivity index (χ3n) is 5.18. The third kappa shape index (κ3) is 4.44. The number of carboxylic acid groups (broad SMARTS) is 1. The molecule has 0 bridgehead atoms. The molecule has 1 N–H and O–H groups in total. The van der Waals surface area contributed by atoms with Crippen LogP contribution in [0.25, 0.3) is 5.57 Å². The number of hydrogen-bond donors (Lipinski definition) is 1. The molecule has 0 amide bonds. The lowest BCUT2D eigenvalue weighted by Crippen LogP contribution is -2.39. The van der Waals surface area contributed by atoms with Crippen molar-refractivity contribution in [2.45, 2.75) is 32.7 Å². The van der Waals surface area contributed by atoms with Crippen LogP contribution in [0.15, 0.2) is 54.7 Å². The minimum Gasteiger partial charge on any atom is -0.481 e. The van der Waals surface area contributed by atoms with E-state index in [9.17, 15) is 9.90 Å². The van der Waals surface area contributed by atoms with Crippen molar-refractivity contribution in [1.82, 2.24) is 9.47 Å². The number of benzene rings is 1. The van der Waals surface area contributed by atoms with Crippen molar-refractivity contribution in [3.63, 3.8) is 0 Å². The number of carbonyl (C=O) groups is 1. The second-order valence-corrected chi connectivity index (χ2v) is 6.93. The zero-order valence-electron chi connectivity index (χ0n) is 15.5. The average molecular weight is 352 g/mol. The highest BCUT2D eigenvalue weighted by Crippen LogP contribution is 2.25. The van der Waals surface area contributed by atoms with Gasteiger partial charge >= 0.3 is 5.97 Å². The van der Waals surface area contributed by atoms with Crippen LogP contribution in [0, 0.1) is 5.92 Å². The molecule has 1 aromatic carbocycles. The van der Waals surface area contributed by atoms with Crippen molar-refractivity contribution < 1.29 is 9.90 Å². The molecular formula is C22H28N2O2. The lowest BCUT2D eigenvalue weighted by molar-refractivity contribution is -0.143. The summed E-state index contributed by atoms with van der Waals surface area (Å²) in [5, 5.41) is 9.26. The molecule has 1 fully saturated rings. The number of nitrogens with zero attached hydrogens (tertiary/aromatic N) is 2. The monoisotopic (exact) mass is 352 g/mol. The number of likely N-dealkylation sites (tertiary alicyclic amines) is 1. The Morgan fingerprint density at radius 1 is 1.23 bits per heavy atom. The van der Waals surface area contributed by atoms with E-state index in [1.165, 1.54) is 16.8 Å². The van der Waals surface area contributed by atoms with Gasteiger partial charge in [0.2, 0.25) is 0 Å². The molecule has 138 valence electrons. The predicted molar refractivity (Wildman–Crippen MR) is 105 cm³/mol. The number of aryl methyl sites for hydroxylation is 1. The van der Waals surface area contributed by atoms with Crippen LogP contribution in [-0.2, 0) is 11.3 Å². The number of rotatable bonds is 7. The van der Waals surface area contributed by atoms with Crippen molar-refractivity contribution in [1.29, 1.82) is 0 Å². The zero-order chi connectivity index (χ0) is 18.4. The van der Waals surface area contributed by atoms with Gasteiger partial charge in [0, 0.05) is 37.1 Å². The van der Waals surface area contributed by atoms with E-state index >= 15 is 0 Å². The molecule has 0 unspecified atom stereocenters. The molecule has 4 nitrogen and oxygen atoms in total. The molecule has 1 aromatic heterocycles. The van der Waals surface area contributed by atoms with Gasteiger partial charge in [0.1, 0.15) is 0 Å². The summed E-state index contributed by atoms with van der Waals surface area (Å²) >= 11 is 0. The number of piperidine rings is 1. The van der Waals surface area contributed by atoms with Gasteiger partial charge in [-0.1, -0.05) is 36.4 Å². The summed E-state index contributed by atoms with van der Waals surface area (Å²) in [6.07, 6.45) is 7.13. The fraction of sp³-hybridized carbons (Fsp3) is 0.409. The number of aliphatic carboxylic acids is 1. The lowest BCUT2D eigenvalue weighted by atomic mass is 9.97. The highest BCUT2D eigenvalue weighted by molar-refractivity contribution is 5.78. The lowest BCUT2D eigenvalue weighted by Gasteiger charge is -2.30. The van der Waals surface area contributed by atoms with Gasteiger partial charge in [-0.3, -0.25) is 4.79 Å². The van der Waals surface area contributed by atoms with E-state index in [0.717, 1.165) is 38.9 Å². The fourth-order valence-corrected chi connectivity index (χ4v) is 3.77. The van der Waals surface area contributed by atoms with Crippen molar-refractivity contribution >= 4 is 11.5 Å². The quantitative estimate of drug-likeness (QED) is 0.815. The molecule has 26 heavy (non-hydrogen) atoms. The molecular weight excluding hydrogens is 324 g/mol. The molecule has 1 saturated heterocycles. The summed E-state index contributed by atoms with van der Waals surface area (Å²) in [5.41, 5.74) is 3.72. The molecule has 2 heterocycles. The van der Waals surface area contributed by atoms with Crippen LogP contribution in [0.1, 0.15) is 37.4 Å². The highest BCUT2D eigenvalue weighted by Gasteiger charge is 2.24. The third-order valence-corrected chi connectivity index (χ3v) is 5.18. The van der Waals surface area contributed by atoms with Gasteiger partial charge in [0.05, 0.1) is 5.92 Å². The smallest absolute Gasteiger partial charge is 0.307 e. The summed E-state index contributed by atoms with van der Waals surface area (Å²) in [7, 11) is 0. The van der Waals surface area contributed by atoms with Gasteiger partial charge in [-0.2, -0.15) is 0 Å². The van der Waals surface area contributed by atoms with Gasteiger partial charge in [-0.25, -0.2) is 0 Å². The maximum absolute atomic E-state index is 11.3. The van der Waals surface area contributed by atoms with E-state index in [1.807, 2.05) is 6.07 Å². The first-order valence-electron chi connectivity index (χ1n) is 9.55. The van der Waals surface area contributed by atoms with Crippen LogP contribution in [-0.4, -0.2) is 40.2 Å². The van der Waals surface area contributed by atoms with Gasteiger partial charge in [-0.05, 0) is 50.4 Å². The topological polar surface area (TPSA) is 45.5 Å². The first kappa shape index (κ1) is 18.5. The maximum Gasteiger partial charge on any atom is 0.307 e. The Balaban J connectivity index is 1.74. The van der Waals surface area contributed by atoms with Crippen LogP contribution in [0.2, 0.25) is 0 Å². The molecule has 0 spiro atoms. The molecule has 1 atom stereocenters. The molecule has 0 saturated carbocycles. The second-order valence-electron chi connectivity index (χ2n) is 6.93. The Morgan fingerprint density at radius 3 is 2.77 bits per heavy atom. The average Bonchev–Trinajstić information content (AvgIpc) is 3.14. The number of carboxylic acids is 1. The van der Waals surface area contributed by atoms with Crippen LogP contribution in [0.3, 0.4) is 0 Å². The molecule has 0 aliphatic carbocycles. The largest absolute Gasteiger partial charge is 0.481 e. The second kappa shape index (κ2) is 8.86. The van der Waals surface area contributed by atoms with Gasteiger partial charge in [0.15, 0.2) is 0 Å². The van der Waals surface area contributed by atoms with E-state index in [1.54, 1.807) is 0 Å². The van der Waals surface area contributed by atoms with E-state index in [2.05, 4.69) is 65.1 Å². The van der Waals surface area contributed by atoms with E-state index < -0.39 is 5.97 Å². The standard InChI is InChI=1S/C22H28N2O2/c1-2-24-16-8-13-21(24)20(18-9-4-3-5-10-18)12-7-15-23-14-6-11-19(17-23)22(25)26/h3-5,8-10,12-13,16,19H,2,6-7,11,14-15,17H2,1H3,(H,25,26)/b20-12+/t19-/m1/s1. The molecule has 1 aliphatic heterocycles. The Bertz CT molecular complexity index is 749. The minimum absolute atomic E-state index is 0.210. The van der Waals surface area contributed by atoms with Crippen LogP contribution < -0.4 is 0 Å². The maximum atomic E-state index is 11.3. The summed E-state index contributed by atoms with van der Waals surface area (Å²) in [6, 6.07) is 14.8.